The highest BCUT2D eigenvalue weighted by Gasteiger charge is 2.43. The van der Waals surface area contributed by atoms with Crippen LogP contribution in [0.15, 0.2) is 71.5 Å². The lowest BCUT2D eigenvalue weighted by Crippen LogP contribution is -3.00. The summed E-state index contributed by atoms with van der Waals surface area (Å²) >= 11 is 0. The number of allylic oxidation sites excluding steroid dienone is 4. The molecule has 0 unspecified atom stereocenters. The van der Waals surface area contributed by atoms with E-state index in [1.807, 2.05) is 6.07 Å². The Bertz CT molecular complexity index is 1170. The number of halogens is 1. The normalized spacial score (nSPS) is 18.7. The van der Waals surface area contributed by atoms with Crippen molar-refractivity contribution in [1.82, 2.24) is 0 Å². The highest BCUT2D eigenvalue weighted by atomic mass is 127. The number of aromatic hydroxyl groups is 1. The largest absolute Gasteiger partial charge is 1.00 e. The Labute approximate surface area is 201 Å². The number of nitrogens with zero attached hydrogens (tertiary/aromatic N) is 1. The summed E-state index contributed by atoms with van der Waals surface area (Å²) in [5.74, 6) is 1.93. The van der Waals surface area contributed by atoms with Crippen LogP contribution in [0, 0.1) is 0 Å². The number of fused-ring (bicyclic) bond motifs is 3. The van der Waals surface area contributed by atoms with Crippen LogP contribution in [0.2, 0.25) is 0 Å². The Kier molecular flexibility index (Phi) is 5.86. The molecule has 0 amide bonds. The van der Waals surface area contributed by atoms with Gasteiger partial charge in [-0.25, -0.2) is 0 Å². The van der Waals surface area contributed by atoms with E-state index in [0.29, 0.717) is 0 Å². The number of ether oxygens (including phenoxy) is 1. The lowest BCUT2D eigenvalue weighted by atomic mass is 9.81. The first kappa shape index (κ1) is 21.9. The van der Waals surface area contributed by atoms with Gasteiger partial charge in [0.2, 0.25) is 5.69 Å². The van der Waals surface area contributed by atoms with E-state index in [2.05, 4.69) is 67.8 Å². The molecule has 31 heavy (non-hydrogen) atoms. The second kappa shape index (κ2) is 8.30. The number of hydrogen-bond acceptors (Lipinski definition) is 2. The topological polar surface area (TPSA) is 32.5 Å². The van der Waals surface area contributed by atoms with E-state index in [1.54, 1.807) is 12.1 Å². The predicted octanol–water partition coefficient (Wildman–Crippen LogP) is 3.26. The Morgan fingerprint density at radius 3 is 2.71 bits per heavy atom. The Hall–Kier alpha value is -2.34. The van der Waals surface area contributed by atoms with Crippen molar-refractivity contribution in [2.45, 2.75) is 45.4 Å². The van der Waals surface area contributed by atoms with Crippen LogP contribution in [0.4, 0.5) is 5.69 Å². The van der Waals surface area contributed by atoms with Crippen LogP contribution in [-0.2, 0) is 5.41 Å². The molecule has 0 bridgehead atoms. The lowest BCUT2D eigenvalue weighted by molar-refractivity contribution is -0.433. The van der Waals surface area contributed by atoms with Gasteiger partial charge in [0.25, 0.3) is 0 Å². The summed E-state index contributed by atoms with van der Waals surface area (Å²) in [6.07, 6.45) is 9.91. The number of phenols is 1. The number of phenolic OH excluding ortho intramolecular Hbond substituents is 1. The van der Waals surface area contributed by atoms with Crippen molar-refractivity contribution in [2.75, 3.05) is 6.54 Å². The standard InChI is InChI=1S/C27H27NO2.HI/c1-4-28-23-11-6-5-10-22(23)27(2,3)25(28)15-13-18-8-7-9-20-16-19-12-14-21(29)17-24(19)30-26(18)20;/h5-6,10-17H,4,7-9H2,1-3H3;1H. The lowest BCUT2D eigenvalue weighted by Gasteiger charge is -2.26. The number of rotatable bonds is 3. The van der Waals surface area contributed by atoms with Crippen LogP contribution in [0.25, 0.3) is 6.08 Å². The van der Waals surface area contributed by atoms with E-state index < -0.39 is 0 Å². The van der Waals surface area contributed by atoms with Gasteiger partial charge in [-0.15, -0.1) is 0 Å². The number of hydrogen-bond donors (Lipinski definition) is 1. The molecule has 0 fully saturated rings. The van der Waals surface area contributed by atoms with Crippen LogP contribution in [0.1, 0.15) is 51.2 Å². The third-order valence-electron chi connectivity index (χ3n) is 6.57. The van der Waals surface area contributed by atoms with Gasteiger partial charge in [-0.3, -0.25) is 0 Å². The fourth-order valence-electron chi connectivity index (χ4n) is 5.02. The van der Waals surface area contributed by atoms with Gasteiger partial charge in [-0.05, 0) is 75.5 Å². The maximum Gasteiger partial charge on any atom is 0.209 e. The molecule has 0 radical (unpaired) electrons. The van der Waals surface area contributed by atoms with Gasteiger partial charge in [0, 0.05) is 29.3 Å². The van der Waals surface area contributed by atoms with Crippen molar-refractivity contribution in [1.29, 1.82) is 0 Å². The molecule has 0 spiro atoms. The third-order valence-corrected chi connectivity index (χ3v) is 6.57. The zero-order valence-corrected chi connectivity index (χ0v) is 20.4. The van der Waals surface area contributed by atoms with Gasteiger partial charge >= 0.3 is 0 Å². The highest BCUT2D eigenvalue weighted by Crippen LogP contribution is 2.42. The first-order valence-electron chi connectivity index (χ1n) is 10.9. The van der Waals surface area contributed by atoms with Crippen molar-refractivity contribution in [3.05, 3.63) is 82.6 Å². The molecular formula is C27H28INO2. The molecule has 0 atom stereocenters. The molecule has 4 heteroatoms. The Morgan fingerprint density at radius 2 is 1.90 bits per heavy atom. The predicted molar refractivity (Wildman–Crippen MR) is 122 cm³/mol. The van der Waals surface area contributed by atoms with Crippen molar-refractivity contribution >= 4 is 17.5 Å². The van der Waals surface area contributed by atoms with Crippen LogP contribution in [0.3, 0.4) is 0 Å². The molecule has 1 N–H and O–H groups in total. The summed E-state index contributed by atoms with van der Waals surface area (Å²) < 4.78 is 8.71. The fraction of sp³-hybridized carbons (Fsp3) is 0.296. The second-order valence-electron chi connectivity index (χ2n) is 8.81. The highest BCUT2D eigenvalue weighted by molar-refractivity contribution is 6.03. The van der Waals surface area contributed by atoms with Gasteiger partial charge in [0.15, 0.2) is 5.71 Å². The Morgan fingerprint density at radius 1 is 1.10 bits per heavy atom. The molecule has 2 aromatic rings. The van der Waals surface area contributed by atoms with E-state index in [-0.39, 0.29) is 35.1 Å². The van der Waals surface area contributed by atoms with Gasteiger partial charge in [-0.2, -0.15) is 4.58 Å². The van der Waals surface area contributed by atoms with Crippen molar-refractivity contribution in [3.8, 4) is 11.5 Å². The average molecular weight is 525 g/mol. The quantitative estimate of drug-likeness (QED) is 0.493. The first-order chi connectivity index (χ1) is 14.5. The van der Waals surface area contributed by atoms with Crippen molar-refractivity contribution in [2.24, 2.45) is 0 Å². The van der Waals surface area contributed by atoms with Gasteiger partial charge in [0.1, 0.15) is 23.8 Å². The molecule has 3 aliphatic rings. The molecule has 2 aliphatic heterocycles. The summed E-state index contributed by atoms with van der Waals surface area (Å²) in [5.41, 5.74) is 7.51. The van der Waals surface area contributed by atoms with E-state index in [4.69, 9.17) is 4.74 Å². The maximum atomic E-state index is 9.86. The van der Waals surface area contributed by atoms with Crippen molar-refractivity contribution < 1.29 is 38.4 Å². The molecule has 0 saturated heterocycles. The monoisotopic (exact) mass is 525 g/mol. The summed E-state index contributed by atoms with van der Waals surface area (Å²) in [6.45, 7) is 7.77. The molecule has 2 heterocycles. The number of benzene rings is 2. The minimum absolute atomic E-state index is 0. The molecule has 5 rings (SSSR count). The molecule has 0 aromatic heterocycles. The minimum atomic E-state index is -0.0342. The zero-order valence-electron chi connectivity index (χ0n) is 18.3. The van der Waals surface area contributed by atoms with Crippen LogP contribution in [0.5, 0.6) is 11.5 Å². The minimum Gasteiger partial charge on any atom is -1.00 e. The molecule has 2 aromatic carbocycles. The van der Waals surface area contributed by atoms with E-state index >= 15 is 0 Å². The van der Waals surface area contributed by atoms with Crippen LogP contribution >= 0.6 is 0 Å². The first-order valence-corrected chi connectivity index (χ1v) is 10.9. The molecule has 1 aliphatic carbocycles. The molecule has 0 saturated carbocycles. The maximum absolute atomic E-state index is 9.86. The average Bonchev–Trinajstić information content (AvgIpc) is 2.97. The smallest absolute Gasteiger partial charge is 0.209 e. The van der Waals surface area contributed by atoms with E-state index in [0.717, 1.165) is 42.9 Å². The van der Waals surface area contributed by atoms with Gasteiger partial charge in [0.05, 0.1) is 5.41 Å². The van der Waals surface area contributed by atoms with Crippen LogP contribution < -0.4 is 28.7 Å². The molecule has 160 valence electrons. The number of para-hydroxylation sites is 1. The summed E-state index contributed by atoms with van der Waals surface area (Å²) in [5, 5.41) is 9.86. The summed E-state index contributed by atoms with van der Waals surface area (Å²) in [7, 11) is 0. The summed E-state index contributed by atoms with van der Waals surface area (Å²) in [4.78, 5) is 0. The van der Waals surface area contributed by atoms with Gasteiger partial charge < -0.3 is 33.8 Å². The van der Waals surface area contributed by atoms with Crippen LogP contribution in [-0.4, -0.2) is 21.9 Å². The third kappa shape index (κ3) is 3.65. The summed E-state index contributed by atoms with van der Waals surface area (Å²) in [6, 6.07) is 14.1. The van der Waals surface area contributed by atoms with E-state index in [1.165, 1.54) is 28.1 Å². The zero-order chi connectivity index (χ0) is 20.9. The second-order valence-corrected chi connectivity index (χ2v) is 8.81. The van der Waals surface area contributed by atoms with E-state index in [9.17, 15) is 5.11 Å². The Balaban J connectivity index is 0.00000231. The van der Waals surface area contributed by atoms with Crippen molar-refractivity contribution in [3.63, 3.8) is 0 Å². The molecule has 3 nitrogen and oxygen atoms in total. The fourth-order valence-corrected chi connectivity index (χ4v) is 5.02. The van der Waals surface area contributed by atoms with Gasteiger partial charge in [-0.1, -0.05) is 18.2 Å². The SMILES string of the molecule is CC[N+]1=C(/C=C/C2=C3Oc4cc(O)ccc4C=C3CCC2)C(C)(C)c2ccccc21.[I-]. The molecular weight excluding hydrogens is 497 g/mol.